The number of piperidine rings is 1. The summed E-state index contributed by atoms with van der Waals surface area (Å²) in [6, 6.07) is 15.0. The minimum Gasteiger partial charge on any atom is -0.496 e. The Kier molecular flexibility index (Phi) is 5.56. The van der Waals surface area contributed by atoms with Gasteiger partial charge in [0.2, 0.25) is 5.91 Å². The molecule has 1 saturated heterocycles. The van der Waals surface area contributed by atoms with Crippen LogP contribution in [0.2, 0.25) is 0 Å². The van der Waals surface area contributed by atoms with E-state index >= 15 is 0 Å². The Bertz CT molecular complexity index is 795. The van der Waals surface area contributed by atoms with Gasteiger partial charge in [-0.25, -0.2) is 0 Å². The Morgan fingerprint density at radius 3 is 2.38 bits per heavy atom. The molecule has 1 heterocycles. The van der Waals surface area contributed by atoms with Crippen molar-refractivity contribution in [2.75, 3.05) is 25.5 Å². The maximum Gasteiger partial charge on any atom is 0.257 e. The first-order chi connectivity index (χ1) is 12.6. The zero-order valence-electron chi connectivity index (χ0n) is 15.2. The van der Waals surface area contributed by atoms with E-state index in [1.807, 2.05) is 43.3 Å². The number of methoxy groups -OCH3 is 1. The molecule has 2 aromatic rings. The highest BCUT2D eigenvalue weighted by molar-refractivity contribution is 5.97. The summed E-state index contributed by atoms with van der Waals surface area (Å²) in [6.45, 7) is 3.12. The van der Waals surface area contributed by atoms with Gasteiger partial charge in [0.25, 0.3) is 5.91 Å². The molecule has 0 saturated carbocycles. The van der Waals surface area contributed by atoms with Gasteiger partial charge in [-0.2, -0.15) is 0 Å². The van der Waals surface area contributed by atoms with Gasteiger partial charge < -0.3 is 15.0 Å². The molecule has 0 atom stereocenters. The number of benzene rings is 2. The van der Waals surface area contributed by atoms with Crippen LogP contribution in [0.1, 0.15) is 28.8 Å². The molecule has 0 aromatic heterocycles. The summed E-state index contributed by atoms with van der Waals surface area (Å²) in [5.74, 6) is 0.497. The Morgan fingerprint density at radius 1 is 1.04 bits per heavy atom. The number of hydrogen-bond donors (Lipinski definition) is 1. The van der Waals surface area contributed by atoms with Crippen LogP contribution in [-0.4, -0.2) is 36.9 Å². The van der Waals surface area contributed by atoms with Crippen molar-refractivity contribution in [2.24, 2.45) is 5.92 Å². The van der Waals surface area contributed by atoms with Gasteiger partial charge in [0.05, 0.1) is 12.7 Å². The normalized spacial score (nSPS) is 14.8. The van der Waals surface area contributed by atoms with Crippen LogP contribution >= 0.6 is 0 Å². The number of likely N-dealkylation sites (tertiary alicyclic amines) is 1. The van der Waals surface area contributed by atoms with Crippen molar-refractivity contribution in [3.63, 3.8) is 0 Å². The molecular formula is C21H24N2O3. The monoisotopic (exact) mass is 352 g/mol. The third-order valence-electron chi connectivity index (χ3n) is 4.89. The standard InChI is InChI=1S/C21H24N2O3/c1-15-7-3-5-9-18(15)22-20(24)16-11-13-23(14-12-16)21(25)17-8-4-6-10-19(17)26-2/h3-10,16H,11-14H2,1-2H3,(H,22,24). The third kappa shape index (κ3) is 3.87. The van der Waals surface area contributed by atoms with E-state index in [-0.39, 0.29) is 17.7 Å². The summed E-state index contributed by atoms with van der Waals surface area (Å²) in [6.07, 6.45) is 1.33. The number of ether oxygens (including phenoxy) is 1. The number of anilines is 1. The van der Waals surface area contributed by atoms with Gasteiger partial charge in [-0.15, -0.1) is 0 Å². The fraction of sp³-hybridized carbons (Fsp3) is 0.333. The highest BCUT2D eigenvalue weighted by atomic mass is 16.5. The van der Waals surface area contributed by atoms with Gasteiger partial charge in [0.1, 0.15) is 5.75 Å². The van der Waals surface area contributed by atoms with Crippen LogP contribution in [0.4, 0.5) is 5.69 Å². The molecule has 0 unspecified atom stereocenters. The van der Waals surface area contributed by atoms with E-state index in [1.54, 1.807) is 24.1 Å². The summed E-state index contributed by atoms with van der Waals surface area (Å²) in [5.41, 5.74) is 2.47. The molecule has 0 bridgehead atoms. The zero-order valence-corrected chi connectivity index (χ0v) is 15.2. The van der Waals surface area contributed by atoms with Crippen molar-refractivity contribution in [3.05, 3.63) is 59.7 Å². The SMILES string of the molecule is COc1ccccc1C(=O)N1CCC(C(=O)Nc2ccccc2C)CC1. The predicted octanol–water partition coefficient (Wildman–Crippen LogP) is 3.49. The molecule has 0 spiro atoms. The topological polar surface area (TPSA) is 58.6 Å². The molecule has 1 N–H and O–H groups in total. The summed E-state index contributed by atoms with van der Waals surface area (Å²) in [4.78, 5) is 27.1. The molecule has 0 radical (unpaired) electrons. The summed E-state index contributed by atoms with van der Waals surface area (Å²) < 4.78 is 5.28. The van der Waals surface area contributed by atoms with Gasteiger partial charge in [-0.05, 0) is 43.5 Å². The minimum absolute atomic E-state index is 0.0312. The second-order valence-electron chi connectivity index (χ2n) is 6.57. The molecular weight excluding hydrogens is 328 g/mol. The van der Waals surface area contributed by atoms with Crippen molar-refractivity contribution < 1.29 is 14.3 Å². The van der Waals surface area contributed by atoms with Gasteiger partial charge in [0.15, 0.2) is 0 Å². The molecule has 0 aliphatic carbocycles. The third-order valence-corrected chi connectivity index (χ3v) is 4.89. The Labute approximate surface area is 154 Å². The van der Waals surface area contributed by atoms with Crippen LogP contribution in [0.25, 0.3) is 0 Å². The quantitative estimate of drug-likeness (QED) is 0.916. The van der Waals surface area contributed by atoms with E-state index in [9.17, 15) is 9.59 Å². The predicted molar refractivity (Wildman–Crippen MR) is 101 cm³/mol. The molecule has 26 heavy (non-hydrogen) atoms. The molecule has 2 aromatic carbocycles. The molecule has 3 rings (SSSR count). The summed E-state index contributed by atoms with van der Waals surface area (Å²) in [7, 11) is 1.56. The number of carbonyl (C=O) groups excluding carboxylic acids is 2. The lowest BCUT2D eigenvalue weighted by atomic mass is 9.95. The number of aryl methyl sites for hydroxylation is 1. The van der Waals surface area contributed by atoms with Crippen LogP contribution in [-0.2, 0) is 4.79 Å². The van der Waals surface area contributed by atoms with E-state index < -0.39 is 0 Å². The lowest BCUT2D eigenvalue weighted by Crippen LogP contribution is -2.41. The number of nitrogens with zero attached hydrogens (tertiary/aromatic N) is 1. The van der Waals surface area contributed by atoms with E-state index in [4.69, 9.17) is 4.74 Å². The summed E-state index contributed by atoms with van der Waals surface area (Å²) >= 11 is 0. The van der Waals surface area contributed by atoms with E-state index in [0.29, 0.717) is 37.2 Å². The van der Waals surface area contributed by atoms with Crippen LogP contribution in [0.3, 0.4) is 0 Å². The molecule has 1 fully saturated rings. The molecule has 136 valence electrons. The van der Waals surface area contributed by atoms with Crippen molar-refractivity contribution in [1.29, 1.82) is 0 Å². The molecule has 1 aliphatic heterocycles. The Morgan fingerprint density at radius 2 is 1.69 bits per heavy atom. The molecule has 5 nitrogen and oxygen atoms in total. The van der Waals surface area contributed by atoms with E-state index in [2.05, 4.69) is 5.32 Å². The first-order valence-electron chi connectivity index (χ1n) is 8.89. The van der Waals surface area contributed by atoms with Gasteiger partial charge in [0, 0.05) is 24.7 Å². The summed E-state index contributed by atoms with van der Waals surface area (Å²) in [5, 5.41) is 3.01. The van der Waals surface area contributed by atoms with Crippen molar-refractivity contribution >= 4 is 17.5 Å². The number of rotatable bonds is 4. The van der Waals surface area contributed by atoms with Crippen LogP contribution in [0.15, 0.2) is 48.5 Å². The van der Waals surface area contributed by atoms with Gasteiger partial charge in [-0.3, -0.25) is 9.59 Å². The number of para-hydroxylation sites is 2. The molecule has 2 amide bonds. The number of nitrogens with one attached hydrogen (secondary N) is 1. The Balaban J connectivity index is 1.59. The van der Waals surface area contributed by atoms with Crippen molar-refractivity contribution in [3.8, 4) is 5.75 Å². The second kappa shape index (κ2) is 8.04. The highest BCUT2D eigenvalue weighted by Crippen LogP contribution is 2.25. The second-order valence-corrected chi connectivity index (χ2v) is 6.57. The highest BCUT2D eigenvalue weighted by Gasteiger charge is 2.29. The number of hydrogen-bond acceptors (Lipinski definition) is 3. The largest absolute Gasteiger partial charge is 0.496 e. The van der Waals surface area contributed by atoms with Crippen molar-refractivity contribution in [2.45, 2.75) is 19.8 Å². The molecule has 5 heteroatoms. The lowest BCUT2D eigenvalue weighted by molar-refractivity contribution is -0.121. The van der Waals surface area contributed by atoms with Crippen LogP contribution in [0.5, 0.6) is 5.75 Å². The van der Waals surface area contributed by atoms with Crippen LogP contribution < -0.4 is 10.1 Å². The maximum absolute atomic E-state index is 12.7. The zero-order chi connectivity index (χ0) is 18.5. The molecule has 1 aliphatic rings. The average Bonchev–Trinajstić information content (AvgIpc) is 2.69. The maximum atomic E-state index is 12.7. The Hall–Kier alpha value is -2.82. The number of carbonyl (C=O) groups is 2. The lowest BCUT2D eigenvalue weighted by Gasteiger charge is -2.31. The average molecular weight is 352 g/mol. The minimum atomic E-state index is -0.0728. The van der Waals surface area contributed by atoms with E-state index in [0.717, 1.165) is 11.3 Å². The first kappa shape index (κ1) is 18.0. The van der Waals surface area contributed by atoms with Gasteiger partial charge in [-0.1, -0.05) is 30.3 Å². The fourth-order valence-electron chi connectivity index (χ4n) is 3.28. The smallest absolute Gasteiger partial charge is 0.257 e. The number of amides is 2. The first-order valence-corrected chi connectivity index (χ1v) is 8.89. The van der Waals surface area contributed by atoms with Crippen molar-refractivity contribution in [1.82, 2.24) is 4.90 Å². The van der Waals surface area contributed by atoms with E-state index in [1.165, 1.54) is 0 Å². The fourth-order valence-corrected chi connectivity index (χ4v) is 3.28. The van der Waals surface area contributed by atoms with Crippen LogP contribution in [0, 0.1) is 12.8 Å². The van der Waals surface area contributed by atoms with Gasteiger partial charge >= 0.3 is 0 Å².